The summed E-state index contributed by atoms with van der Waals surface area (Å²) in [5.41, 5.74) is 4.28. The number of hydrogen-bond donors (Lipinski definition) is 1. The number of carbonyl (C=O) groups is 1. The van der Waals surface area contributed by atoms with Crippen molar-refractivity contribution in [2.75, 3.05) is 23.8 Å². The van der Waals surface area contributed by atoms with E-state index in [0.717, 1.165) is 37.2 Å². The molecule has 1 amide bonds. The molecule has 0 fully saturated rings. The molecule has 2 aromatic heterocycles. The largest absolute Gasteiger partial charge is 0.374 e. The third kappa shape index (κ3) is 3.08. The maximum absolute atomic E-state index is 12.5. The number of rotatable bonds is 4. The number of benzene rings is 1. The number of amides is 1. The van der Waals surface area contributed by atoms with Gasteiger partial charge in [0.2, 0.25) is 0 Å². The minimum absolute atomic E-state index is 0.246. The topological polar surface area (TPSA) is 76.2 Å². The van der Waals surface area contributed by atoms with Gasteiger partial charge in [0, 0.05) is 43.8 Å². The first-order valence-electron chi connectivity index (χ1n) is 8.79. The molecule has 1 N–H and O–H groups in total. The third-order valence-electron chi connectivity index (χ3n) is 4.68. The maximum atomic E-state index is 12.5. The number of hydrogen-bond acceptors (Lipinski definition) is 5. The predicted molar refractivity (Wildman–Crippen MR) is 99.4 cm³/mol. The molecule has 3 aromatic rings. The second-order valence-electron chi connectivity index (χ2n) is 6.48. The molecule has 0 bridgehead atoms. The number of carbonyl (C=O) groups excluding carboxylic acids is 1. The number of aromatic nitrogens is 3. The van der Waals surface area contributed by atoms with Gasteiger partial charge in [-0.25, -0.2) is 0 Å². The molecular formula is C19H21N5O2. The Balaban J connectivity index is 1.51. The normalized spacial score (nSPS) is 13.5. The van der Waals surface area contributed by atoms with E-state index in [-0.39, 0.29) is 11.6 Å². The standard InChI is InChI=1S/C19H21N5O2/c1-3-24-12-14(11-20-24)18-10-16(22-26-18)19(25)21-15-7-6-13-5-4-8-23(2)17(13)9-15/h6-7,9-12H,3-5,8H2,1-2H3,(H,21,25). The summed E-state index contributed by atoms with van der Waals surface area (Å²) in [5, 5.41) is 11.0. The van der Waals surface area contributed by atoms with Gasteiger partial charge in [-0.2, -0.15) is 5.10 Å². The third-order valence-corrected chi connectivity index (χ3v) is 4.68. The number of aryl methyl sites for hydroxylation is 2. The fourth-order valence-electron chi connectivity index (χ4n) is 3.21. The molecule has 4 rings (SSSR count). The number of fused-ring (bicyclic) bond motifs is 1. The van der Waals surface area contributed by atoms with Crippen LogP contribution in [-0.4, -0.2) is 34.4 Å². The van der Waals surface area contributed by atoms with E-state index in [1.807, 2.05) is 25.3 Å². The monoisotopic (exact) mass is 351 g/mol. The minimum atomic E-state index is -0.290. The van der Waals surface area contributed by atoms with E-state index < -0.39 is 0 Å². The average Bonchev–Trinajstić information content (AvgIpc) is 3.31. The Morgan fingerprint density at radius 1 is 1.35 bits per heavy atom. The lowest BCUT2D eigenvalue weighted by Gasteiger charge is -2.27. The van der Waals surface area contributed by atoms with Crippen LogP contribution in [0.4, 0.5) is 11.4 Å². The average molecular weight is 351 g/mol. The SMILES string of the molecule is CCn1cc(-c2cc(C(=O)Nc3ccc4c(c3)N(C)CCC4)no2)cn1. The Hall–Kier alpha value is -3.09. The molecule has 7 nitrogen and oxygen atoms in total. The zero-order chi connectivity index (χ0) is 18.1. The van der Waals surface area contributed by atoms with Gasteiger partial charge in [0.1, 0.15) is 0 Å². The van der Waals surface area contributed by atoms with Gasteiger partial charge in [0.05, 0.1) is 11.8 Å². The van der Waals surface area contributed by atoms with Gasteiger partial charge >= 0.3 is 0 Å². The lowest BCUT2D eigenvalue weighted by molar-refractivity contribution is 0.101. The van der Waals surface area contributed by atoms with Gasteiger partial charge in [0.25, 0.3) is 5.91 Å². The van der Waals surface area contributed by atoms with Crippen LogP contribution in [0.15, 0.2) is 41.2 Å². The molecule has 3 heterocycles. The molecule has 1 aliphatic rings. The highest BCUT2D eigenvalue weighted by molar-refractivity contribution is 6.03. The summed E-state index contributed by atoms with van der Waals surface area (Å²) in [7, 11) is 2.07. The molecule has 1 aliphatic heterocycles. The van der Waals surface area contributed by atoms with Gasteiger partial charge in [-0.15, -0.1) is 0 Å². The molecule has 1 aromatic carbocycles. The molecule has 7 heteroatoms. The zero-order valence-electron chi connectivity index (χ0n) is 14.9. The van der Waals surface area contributed by atoms with Crippen molar-refractivity contribution in [1.29, 1.82) is 0 Å². The smallest absolute Gasteiger partial charge is 0.277 e. The summed E-state index contributed by atoms with van der Waals surface area (Å²) in [5.74, 6) is 0.237. The van der Waals surface area contributed by atoms with Gasteiger partial charge in [-0.1, -0.05) is 11.2 Å². The number of nitrogens with zero attached hydrogens (tertiary/aromatic N) is 4. The molecule has 0 aliphatic carbocycles. The zero-order valence-corrected chi connectivity index (χ0v) is 14.9. The van der Waals surface area contributed by atoms with Crippen molar-refractivity contribution in [3.63, 3.8) is 0 Å². The highest BCUT2D eigenvalue weighted by atomic mass is 16.5. The van der Waals surface area contributed by atoms with Crippen molar-refractivity contribution in [3.8, 4) is 11.3 Å². The van der Waals surface area contributed by atoms with Crippen LogP contribution in [0.5, 0.6) is 0 Å². The molecule has 0 unspecified atom stereocenters. The van der Waals surface area contributed by atoms with E-state index in [1.54, 1.807) is 16.9 Å². The van der Waals surface area contributed by atoms with Crippen LogP contribution in [0.1, 0.15) is 29.4 Å². The summed E-state index contributed by atoms with van der Waals surface area (Å²) < 4.78 is 7.10. The first kappa shape index (κ1) is 16.4. The number of nitrogens with one attached hydrogen (secondary N) is 1. The maximum Gasteiger partial charge on any atom is 0.277 e. The molecule has 26 heavy (non-hydrogen) atoms. The molecule has 0 atom stereocenters. The van der Waals surface area contributed by atoms with Crippen LogP contribution >= 0.6 is 0 Å². The van der Waals surface area contributed by atoms with Gasteiger partial charge in [-0.3, -0.25) is 9.48 Å². The van der Waals surface area contributed by atoms with Crippen LogP contribution in [0.3, 0.4) is 0 Å². The van der Waals surface area contributed by atoms with Crippen molar-refractivity contribution >= 4 is 17.3 Å². The van der Waals surface area contributed by atoms with Crippen LogP contribution in [0.25, 0.3) is 11.3 Å². The van der Waals surface area contributed by atoms with E-state index in [1.165, 1.54) is 11.3 Å². The summed E-state index contributed by atoms with van der Waals surface area (Å²) in [6.45, 7) is 3.81. The number of anilines is 2. The second-order valence-corrected chi connectivity index (χ2v) is 6.48. The van der Waals surface area contributed by atoms with Crippen molar-refractivity contribution in [2.45, 2.75) is 26.3 Å². The highest BCUT2D eigenvalue weighted by Crippen LogP contribution is 2.29. The molecule has 0 radical (unpaired) electrons. The lowest BCUT2D eigenvalue weighted by Crippen LogP contribution is -2.24. The molecule has 0 saturated carbocycles. The summed E-state index contributed by atoms with van der Waals surface area (Å²) in [4.78, 5) is 14.7. The minimum Gasteiger partial charge on any atom is -0.374 e. The summed E-state index contributed by atoms with van der Waals surface area (Å²) in [6, 6.07) is 7.66. The Labute approximate surface area is 151 Å². The predicted octanol–water partition coefficient (Wildman–Crippen LogP) is 3.19. The van der Waals surface area contributed by atoms with Crippen molar-refractivity contribution < 1.29 is 9.32 Å². The summed E-state index contributed by atoms with van der Waals surface area (Å²) in [6.07, 6.45) is 5.80. The fourth-order valence-corrected chi connectivity index (χ4v) is 3.21. The van der Waals surface area contributed by atoms with Crippen LogP contribution < -0.4 is 10.2 Å². The first-order valence-corrected chi connectivity index (χ1v) is 8.79. The van der Waals surface area contributed by atoms with Crippen molar-refractivity contribution in [3.05, 3.63) is 47.9 Å². The van der Waals surface area contributed by atoms with Crippen molar-refractivity contribution in [2.24, 2.45) is 0 Å². The van der Waals surface area contributed by atoms with E-state index in [9.17, 15) is 4.79 Å². The van der Waals surface area contributed by atoms with Crippen LogP contribution in [0.2, 0.25) is 0 Å². The van der Waals surface area contributed by atoms with Gasteiger partial charge < -0.3 is 14.7 Å². The van der Waals surface area contributed by atoms with Crippen LogP contribution in [0, 0.1) is 0 Å². The van der Waals surface area contributed by atoms with Crippen molar-refractivity contribution in [1.82, 2.24) is 14.9 Å². The van der Waals surface area contributed by atoms with E-state index in [4.69, 9.17) is 4.52 Å². The first-order chi connectivity index (χ1) is 12.6. The lowest BCUT2D eigenvalue weighted by atomic mass is 10.0. The fraction of sp³-hybridized carbons (Fsp3) is 0.316. The second kappa shape index (κ2) is 6.67. The van der Waals surface area contributed by atoms with Gasteiger partial charge in [-0.05, 0) is 37.5 Å². The molecular weight excluding hydrogens is 330 g/mol. The van der Waals surface area contributed by atoms with E-state index in [0.29, 0.717) is 5.76 Å². The van der Waals surface area contributed by atoms with Crippen LogP contribution in [-0.2, 0) is 13.0 Å². The van der Waals surface area contributed by atoms with E-state index in [2.05, 4.69) is 33.6 Å². The van der Waals surface area contributed by atoms with Gasteiger partial charge in [0.15, 0.2) is 11.5 Å². The van der Waals surface area contributed by atoms with E-state index >= 15 is 0 Å². The molecule has 134 valence electrons. The Kier molecular flexibility index (Phi) is 4.20. The Morgan fingerprint density at radius 3 is 3.04 bits per heavy atom. The molecule has 0 saturated heterocycles. The molecule has 0 spiro atoms. The Bertz CT molecular complexity index is 943. The Morgan fingerprint density at radius 2 is 2.23 bits per heavy atom. The quantitative estimate of drug-likeness (QED) is 0.781. The highest BCUT2D eigenvalue weighted by Gasteiger charge is 2.17. The summed E-state index contributed by atoms with van der Waals surface area (Å²) >= 11 is 0.